The van der Waals surface area contributed by atoms with Crippen molar-refractivity contribution in [3.8, 4) is 0 Å². The fourth-order valence-electron chi connectivity index (χ4n) is 1.23. The molecule has 0 aromatic heterocycles. The Morgan fingerprint density at radius 1 is 1.33 bits per heavy atom. The van der Waals surface area contributed by atoms with Gasteiger partial charge >= 0.3 is 0 Å². The van der Waals surface area contributed by atoms with Gasteiger partial charge in [0.15, 0.2) is 0 Å². The quantitative estimate of drug-likeness (QED) is 0.831. The number of halogens is 1. The molecular formula is C12H16INO. The molecule has 15 heavy (non-hydrogen) atoms. The van der Waals surface area contributed by atoms with Crippen molar-refractivity contribution in [3.05, 3.63) is 33.4 Å². The monoisotopic (exact) mass is 317 g/mol. The molecule has 0 unspecified atom stereocenters. The number of unbranched alkanes of at least 4 members (excludes halogenated alkanes) is 1. The van der Waals surface area contributed by atoms with E-state index in [4.69, 9.17) is 0 Å². The van der Waals surface area contributed by atoms with Crippen molar-refractivity contribution >= 4 is 28.5 Å². The van der Waals surface area contributed by atoms with Gasteiger partial charge in [0, 0.05) is 16.5 Å². The Morgan fingerprint density at radius 3 is 2.60 bits per heavy atom. The fourth-order valence-corrected chi connectivity index (χ4v) is 1.59. The van der Waals surface area contributed by atoms with Crippen molar-refractivity contribution < 1.29 is 4.79 Å². The lowest BCUT2D eigenvalue weighted by Gasteiger charge is -2.04. The van der Waals surface area contributed by atoms with Gasteiger partial charge in [-0.1, -0.05) is 25.5 Å². The second-order valence-corrected chi connectivity index (χ2v) is 4.75. The van der Waals surface area contributed by atoms with Crippen LogP contribution < -0.4 is 5.32 Å². The molecule has 0 spiro atoms. The normalized spacial score (nSPS) is 10.0. The number of benzene rings is 1. The van der Waals surface area contributed by atoms with E-state index < -0.39 is 0 Å². The number of carbonyl (C=O) groups is 1. The van der Waals surface area contributed by atoms with Crippen LogP contribution in [-0.2, 0) is 11.3 Å². The van der Waals surface area contributed by atoms with Crippen LogP contribution in [0.4, 0.5) is 0 Å². The summed E-state index contributed by atoms with van der Waals surface area (Å²) in [5, 5.41) is 2.91. The molecule has 1 rings (SSSR count). The van der Waals surface area contributed by atoms with E-state index in [1.807, 2.05) is 24.3 Å². The zero-order valence-electron chi connectivity index (χ0n) is 8.92. The molecule has 0 heterocycles. The second kappa shape index (κ2) is 6.82. The first-order valence-electron chi connectivity index (χ1n) is 5.23. The first-order valence-corrected chi connectivity index (χ1v) is 6.31. The summed E-state index contributed by atoms with van der Waals surface area (Å²) in [6.07, 6.45) is 2.68. The third kappa shape index (κ3) is 5.16. The van der Waals surface area contributed by atoms with Crippen molar-refractivity contribution in [2.24, 2.45) is 0 Å². The van der Waals surface area contributed by atoms with Gasteiger partial charge in [-0.25, -0.2) is 0 Å². The maximum Gasteiger partial charge on any atom is 0.220 e. The van der Waals surface area contributed by atoms with Crippen molar-refractivity contribution in [3.63, 3.8) is 0 Å². The SMILES string of the molecule is CCCCC(=O)NCc1ccc(I)cc1. The maximum absolute atomic E-state index is 11.3. The number of carbonyl (C=O) groups excluding carboxylic acids is 1. The van der Waals surface area contributed by atoms with E-state index in [1.54, 1.807) is 0 Å². The molecule has 1 aromatic rings. The van der Waals surface area contributed by atoms with Gasteiger partial charge in [-0.3, -0.25) is 4.79 Å². The van der Waals surface area contributed by atoms with E-state index in [-0.39, 0.29) is 5.91 Å². The van der Waals surface area contributed by atoms with Crippen LogP contribution in [0.2, 0.25) is 0 Å². The van der Waals surface area contributed by atoms with Crippen molar-refractivity contribution in [2.45, 2.75) is 32.7 Å². The molecule has 0 saturated carbocycles. The van der Waals surface area contributed by atoms with Crippen LogP contribution >= 0.6 is 22.6 Å². The molecule has 82 valence electrons. The van der Waals surface area contributed by atoms with Crippen molar-refractivity contribution in [1.29, 1.82) is 0 Å². The molecule has 3 heteroatoms. The Balaban J connectivity index is 2.30. The first-order chi connectivity index (χ1) is 7.22. The summed E-state index contributed by atoms with van der Waals surface area (Å²) in [5.74, 6) is 0.149. The third-order valence-corrected chi connectivity index (χ3v) is 2.88. The van der Waals surface area contributed by atoms with Crippen molar-refractivity contribution in [2.75, 3.05) is 0 Å². The highest BCUT2D eigenvalue weighted by Crippen LogP contribution is 2.06. The number of nitrogens with one attached hydrogen (secondary N) is 1. The van der Waals surface area contributed by atoms with Crippen LogP contribution in [0.25, 0.3) is 0 Å². The second-order valence-electron chi connectivity index (χ2n) is 3.51. The van der Waals surface area contributed by atoms with Crippen LogP contribution in [0.15, 0.2) is 24.3 Å². The minimum absolute atomic E-state index is 0.149. The summed E-state index contributed by atoms with van der Waals surface area (Å²) in [5.41, 5.74) is 1.15. The highest BCUT2D eigenvalue weighted by molar-refractivity contribution is 14.1. The molecule has 0 aliphatic carbocycles. The summed E-state index contributed by atoms with van der Waals surface area (Å²) in [6.45, 7) is 2.73. The van der Waals surface area contributed by atoms with Gasteiger partial charge in [0.1, 0.15) is 0 Å². The summed E-state index contributed by atoms with van der Waals surface area (Å²) in [7, 11) is 0. The zero-order chi connectivity index (χ0) is 11.1. The van der Waals surface area contributed by atoms with E-state index in [1.165, 1.54) is 3.57 Å². The fraction of sp³-hybridized carbons (Fsp3) is 0.417. The standard InChI is InChI=1S/C12H16INO/c1-2-3-4-12(15)14-9-10-5-7-11(13)8-6-10/h5-8H,2-4,9H2,1H3,(H,14,15). The molecule has 0 bridgehead atoms. The molecule has 1 N–H and O–H groups in total. The molecule has 0 aliphatic heterocycles. The highest BCUT2D eigenvalue weighted by Gasteiger charge is 1.99. The minimum atomic E-state index is 0.149. The van der Waals surface area contributed by atoms with E-state index in [2.05, 4.69) is 34.8 Å². The smallest absolute Gasteiger partial charge is 0.220 e. The number of rotatable bonds is 5. The van der Waals surface area contributed by atoms with Crippen LogP contribution in [0, 0.1) is 3.57 Å². The largest absolute Gasteiger partial charge is 0.352 e. The van der Waals surface area contributed by atoms with Gasteiger partial charge in [-0.2, -0.15) is 0 Å². The van der Waals surface area contributed by atoms with E-state index in [0.717, 1.165) is 18.4 Å². The molecule has 0 saturated heterocycles. The lowest BCUT2D eigenvalue weighted by Crippen LogP contribution is -2.22. The molecule has 1 aromatic carbocycles. The van der Waals surface area contributed by atoms with E-state index >= 15 is 0 Å². The number of hydrogen-bond donors (Lipinski definition) is 1. The molecular weight excluding hydrogens is 301 g/mol. The van der Waals surface area contributed by atoms with Crippen LogP contribution in [0.5, 0.6) is 0 Å². The Labute approximate surface area is 105 Å². The lowest BCUT2D eigenvalue weighted by molar-refractivity contribution is -0.121. The predicted molar refractivity (Wildman–Crippen MR) is 70.5 cm³/mol. The minimum Gasteiger partial charge on any atom is -0.352 e. The molecule has 1 amide bonds. The summed E-state index contributed by atoms with van der Waals surface area (Å²) < 4.78 is 1.22. The van der Waals surface area contributed by atoms with Crippen molar-refractivity contribution in [1.82, 2.24) is 5.32 Å². The molecule has 2 nitrogen and oxygen atoms in total. The average Bonchev–Trinajstić information content (AvgIpc) is 2.25. The topological polar surface area (TPSA) is 29.1 Å². The van der Waals surface area contributed by atoms with Gasteiger partial charge in [0.25, 0.3) is 0 Å². The Morgan fingerprint density at radius 2 is 2.00 bits per heavy atom. The maximum atomic E-state index is 11.3. The van der Waals surface area contributed by atoms with Gasteiger partial charge < -0.3 is 5.32 Å². The zero-order valence-corrected chi connectivity index (χ0v) is 11.1. The van der Waals surface area contributed by atoms with Crippen LogP contribution in [-0.4, -0.2) is 5.91 Å². The lowest BCUT2D eigenvalue weighted by atomic mass is 10.2. The summed E-state index contributed by atoms with van der Waals surface area (Å²) in [4.78, 5) is 11.3. The average molecular weight is 317 g/mol. The van der Waals surface area contributed by atoms with Crippen LogP contribution in [0.1, 0.15) is 31.7 Å². The number of hydrogen-bond acceptors (Lipinski definition) is 1. The van der Waals surface area contributed by atoms with Gasteiger partial charge in [-0.05, 0) is 46.7 Å². The molecule has 0 fully saturated rings. The Bertz CT molecular complexity index is 308. The molecule has 0 aliphatic rings. The molecule has 0 atom stereocenters. The van der Waals surface area contributed by atoms with Gasteiger partial charge in [-0.15, -0.1) is 0 Å². The Kier molecular flexibility index (Phi) is 5.68. The van der Waals surface area contributed by atoms with Gasteiger partial charge in [0.2, 0.25) is 5.91 Å². The third-order valence-electron chi connectivity index (χ3n) is 2.16. The first kappa shape index (κ1) is 12.5. The number of amides is 1. The highest BCUT2D eigenvalue weighted by atomic mass is 127. The summed E-state index contributed by atoms with van der Waals surface area (Å²) >= 11 is 2.27. The van der Waals surface area contributed by atoms with Gasteiger partial charge in [0.05, 0.1) is 0 Å². The Hall–Kier alpha value is -0.580. The van der Waals surface area contributed by atoms with E-state index in [0.29, 0.717) is 13.0 Å². The van der Waals surface area contributed by atoms with Crippen LogP contribution in [0.3, 0.4) is 0 Å². The molecule has 0 radical (unpaired) electrons. The van der Waals surface area contributed by atoms with E-state index in [9.17, 15) is 4.79 Å². The predicted octanol–water partition coefficient (Wildman–Crippen LogP) is 3.10. The summed E-state index contributed by atoms with van der Waals surface area (Å²) in [6, 6.07) is 8.19.